The molecule has 1 aromatic heterocycles. The molecule has 3 aromatic rings. The number of rotatable bonds is 5. The molecule has 0 saturated heterocycles. The van der Waals surface area contributed by atoms with Gasteiger partial charge in [0.2, 0.25) is 0 Å². The zero-order valence-corrected chi connectivity index (χ0v) is 15.0. The Kier molecular flexibility index (Phi) is 4.56. The van der Waals surface area contributed by atoms with Crippen LogP contribution in [0.4, 0.5) is 5.69 Å². The normalized spacial score (nSPS) is 11.5. The van der Waals surface area contributed by atoms with Crippen LogP contribution in [-0.4, -0.2) is 25.9 Å². The van der Waals surface area contributed by atoms with E-state index in [0.29, 0.717) is 12.1 Å². The van der Waals surface area contributed by atoms with Gasteiger partial charge in [-0.05, 0) is 31.2 Å². The van der Waals surface area contributed by atoms with E-state index in [9.17, 15) is 18.0 Å². The standard InChI is InChI=1S/C17H17N3O5S/c1-3-20-14-9-8-11(10-15(14)25-17(20)22)26(23,24)19-13-7-5-4-6-12(13)16(21)18-2/h4-10,19H,3H2,1-2H3,(H,18,21). The lowest BCUT2D eigenvalue weighted by Crippen LogP contribution is -2.21. The minimum atomic E-state index is -3.98. The Labute approximate surface area is 149 Å². The van der Waals surface area contributed by atoms with Crippen LogP contribution < -0.4 is 15.8 Å². The first kappa shape index (κ1) is 17.7. The Morgan fingerprint density at radius 3 is 2.62 bits per heavy atom. The highest BCUT2D eigenvalue weighted by Crippen LogP contribution is 2.23. The van der Waals surface area contributed by atoms with Crippen molar-refractivity contribution in [2.24, 2.45) is 0 Å². The number of anilines is 1. The summed E-state index contributed by atoms with van der Waals surface area (Å²) in [6.07, 6.45) is 0. The van der Waals surface area contributed by atoms with E-state index in [2.05, 4.69) is 10.0 Å². The number of nitrogens with zero attached hydrogens (tertiary/aromatic N) is 1. The van der Waals surface area contributed by atoms with Crippen LogP contribution in [-0.2, 0) is 16.6 Å². The first-order chi connectivity index (χ1) is 12.4. The number of carbonyl (C=O) groups is 1. The molecule has 3 rings (SSSR count). The van der Waals surface area contributed by atoms with Gasteiger partial charge in [0.1, 0.15) is 0 Å². The van der Waals surface area contributed by atoms with Crippen LogP contribution in [0.25, 0.3) is 11.1 Å². The van der Waals surface area contributed by atoms with Gasteiger partial charge in [0.05, 0.1) is 21.7 Å². The van der Waals surface area contributed by atoms with Crippen molar-refractivity contribution in [1.29, 1.82) is 0 Å². The van der Waals surface area contributed by atoms with Crippen LogP contribution in [0.15, 0.2) is 56.6 Å². The second kappa shape index (κ2) is 6.68. The lowest BCUT2D eigenvalue weighted by Gasteiger charge is -2.11. The Balaban J connectivity index is 2.03. The molecule has 1 heterocycles. The fourth-order valence-electron chi connectivity index (χ4n) is 2.62. The number of hydrogen-bond donors (Lipinski definition) is 2. The molecule has 0 bridgehead atoms. The molecule has 9 heteroatoms. The van der Waals surface area contributed by atoms with E-state index in [1.807, 2.05) is 0 Å². The van der Waals surface area contributed by atoms with Crippen molar-refractivity contribution >= 4 is 32.7 Å². The summed E-state index contributed by atoms with van der Waals surface area (Å²) in [7, 11) is -2.52. The average Bonchev–Trinajstić information content (AvgIpc) is 2.95. The fourth-order valence-corrected chi connectivity index (χ4v) is 3.72. The van der Waals surface area contributed by atoms with Crippen molar-refractivity contribution in [3.8, 4) is 0 Å². The molecule has 26 heavy (non-hydrogen) atoms. The molecule has 0 spiro atoms. The largest absolute Gasteiger partial charge is 0.419 e. The molecule has 0 radical (unpaired) electrons. The smallest absolute Gasteiger partial charge is 0.408 e. The van der Waals surface area contributed by atoms with Gasteiger partial charge in [-0.2, -0.15) is 0 Å². The number of nitrogens with one attached hydrogen (secondary N) is 2. The van der Waals surface area contributed by atoms with E-state index >= 15 is 0 Å². The summed E-state index contributed by atoms with van der Waals surface area (Å²) in [4.78, 5) is 23.6. The highest BCUT2D eigenvalue weighted by atomic mass is 32.2. The SMILES string of the molecule is CCn1c(=O)oc2cc(S(=O)(=O)Nc3ccccc3C(=O)NC)ccc21. The summed E-state index contributed by atoms with van der Waals surface area (Å²) in [6.45, 7) is 2.20. The second-order valence-corrected chi connectivity index (χ2v) is 7.15. The molecule has 0 aliphatic heterocycles. The maximum Gasteiger partial charge on any atom is 0.419 e. The number of sulfonamides is 1. The van der Waals surface area contributed by atoms with E-state index in [1.54, 1.807) is 19.1 Å². The predicted octanol–water partition coefficient (Wildman–Crippen LogP) is 1.77. The van der Waals surface area contributed by atoms with Crippen LogP contribution in [0.2, 0.25) is 0 Å². The minimum Gasteiger partial charge on any atom is -0.408 e. The Bertz CT molecular complexity index is 1140. The van der Waals surface area contributed by atoms with Crippen molar-refractivity contribution < 1.29 is 17.6 Å². The molecule has 0 saturated carbocycles. The van der Waals surface area contributed by atoms with Crippen molar-refractivity contribution in [3.63, 3.8) is 0 Å². The number of fused-ring (bicyclic) bond motifs is 1. The van der Waals surface area contributed by atoms with Crippen molar-refractivity contribution in [2.45, 2.75) is 18.4 Å². The maximum atomic E-state index is 12.7. The fraction of sp³-hybridized carbons (Fsp3) is 0.176. The van der Waals surface area contributed by atoms with Crippen molar-refractivity contribution in [2.75, 3.05) is 11.8 Å². The van der Waals surface area contributed by atoms with Gasteiger partial charge < -0.3 is 9.73 Å². The van der Waals surface area contributed by atoms with E-state index in [4.69, 9.17) is 4.42 Å². The molecule has 8 nitrogen and oxygen atoms in total. The van der Waals surface area contributed by atoms with Crippen LogP contribution in [0, 0.1) is 0 Å². The van der Waals surface area contributed by atoms with Gasteiger partial charge in [0.25, 0.3) is 15.9 Å². The molecular weight excluding hydrogens is 358 g/mol. The van der Waals surface area contributed by atoms with Gasteiger partial charge in [0, 0.05) is 19.7 Å². The highest BCUT2D eigenvalue weighted by molar-refractivity contribution is 7.92. The number of amides is 1. The molecule has 0 unspecified atom stereocenters. The van der Waals surface area contributed by atoms with E-state index < -0.39 is 21.7 Å². The number of aromatic nitrogens is 1. The second-order valence-electron chi connectivity index (χ2n) is 5.47. The van der Waals surface area contributed by atoms with Crippen LogP contribution >= 0.6 is 0 Å². The zero-order valence-electron chi connectivity index (χ0n) is 14.1. The predicted molar refractivity (Wildman–Crippen MR) is 96.8 cm³/mol. The zero-order chi connectivity index (χ0) is 18.9. The maximum absolute atomic E-state index is 12.7. The number of aryl methyl sites for hydroxylation is 1. The molecule has 1 amide bonds. The number of para-hydroxylation sites is 1. The molecule has 136 valence electrons. The number of oxazole rings is 1. The Morgan fingerprint density at radius 2 is 1.92 bits per heavy atom. The summed E-state index contributed by atoms with van der Waals surface area (Å²) in [5, 5.41) is 2.46. The molecule has 2 N–H and O–H groups in total. The molecule has 2 aromatic carbocycles. The third kappa shape index (κ3) is 3.08. The van der Waals surface area contributed by atoms with Gasteiger partial charge in [-0.3, -0.25) is 14.1 Å². The Morgan fingerprint density at radius 1 is 1.19 bits per heavy atom. The third-order valence-electron chi connectivity index (χ3n) is 3.91. The first-order valence-electron chi connectivity index (χ1n) is 7.84. The van der Waals surface area contributed by atoms with Crippen molar-refractivity contribution in [1.82, 2.24) is 9.88 Å². The van der Waals surface area contributed by atoms with Crippen LogP contribution in [0.3, 0.4) is 0 Å². The van der Waals surface area contributed by atoms with Gasteiger partial charge in [-0.15, -0.1) is 0 Å². The summed E-state index contributed by atoms with van der Waals surface area (Å²) in [6, 6.07) is 10.4. The van der Waals surface area contributed by atoms with Crippen LogP contribution in [0.1, 0.15) is 17.3 Å². The highest BCUT2D eigenvalue weighted by Gasteiger charge is 2.20. The Hall–Kier alpha value is -3.07. The summed E-state index contributed by atoms with van der Waals surface area (Å²) >= 11 is 0. The molecular formula is C17H17N3O5S. The number of hydrogen-bond acceptors (Lipinski definition) is 5. The summed E-state index contributed by atoms with van der Waals surface area (Å²) in [5.74, 6) is -0.959. The first-order valence-corrected chi connectivity index (χ1v) is 9.33. The topological polar surface area (TPSA) is 110 Å². The lowest BCUT2D eigenvalue weighted by atomic mass is 10.2. The quantitative estimate of drug-likeness (QED) is 0.706. The minimum absolute atomic E-state index is 0.0753. The number of benzene rings is 2. The molecule has 0 aliphatic rings. The monoisotopic (exact) mass is 375 g/mol. The lowest BCUT2D eigenvalue weighted by molar-refractivity contribution is 0.0964. The van der Waals surface area contributed by atoms with Gasteiger partial charge in [-0.1, -0.05) is 12.1 Å². The number of carbonyl (C=O) groups excluding carboxylic acids is 1. The summed E-state index contributed by atoms with van der Waals surface area (Å²) in [5.41, 5.74) is 1.05. The average molecular weight is 375 g/mol. The van der Waals surface area contributed by atoms with E-state index in [1.165, 1.54) is 41.9 Å². The van der Waals surface area contributed by atoms with E-state index in [-0.39, 0.29) is 21.7 Å². The summed E-state index contributed by atoms with van der Waals surface area (Å²) < 4.78 is 34.3. The molecule has 0 fully saturated rings. The van der Waals surface area contributed by atoms with Gasteiger partial charge in [0.15, 0.2) is 5.58 Å². The molecule has 0 atom stereocenters. The van der Waals surface area contributed by atoms with Crippen LogP contribution in [0.5, 0.6) is 0 Å². The van der Waals surface area contributed by atoms with Gasteiger partial charge >= 0.3 is 5.76 Å². The van der Waals surface area contributed by atoms with E-state index in [0.717, 1.165) is 0 Å². The third-order valence-corrected chi connectivity index (χ3v) is 5.27. The molecule has 0 aliphatic carbocycles. The van der Waals surface area contributed by atoms with Crippen molar-refractivity contribution in [3.05, 3.63) is 58.6 Å². The van der Waals surface area contributed by atoms with Gasteiger partial charge in [-0.25, -0.2) is 13.2 Å².